The SMILES string of the molecule is C[C@H](NC(=O)NCc1ccc(F)cc1)c1ccccn1. The van der Waals surface area contributed by atoms with Crippen molar-refractivity contribution in [2.24, 2.45) is 0 Å². The zero-order chi connectivity index (χ0) is 14.4. The monoisotopic (exact) mass is 273 g/mol. The van der Waals surface area contributed by atoms with E-state index in [9.17, 15) is 9.18 Å². The molecule has 0 bridgehead atoms. The van der Waals surface area contributed by atoms with Gasteiger partial charge in [-0.15, -0.1) is 0 Å². The Morgan fingerprint density at radius 3 is 2.65 bits per heavy atom. The normalized spacial score (nSPS) is 11.7. The van der Waals surface area contributed by atoms with Crippen LogP contribution in [0.25, 0.3) is 0 Å². The van der Waals surface area contributed by atoms with Crippen LogP contribution in [0.2, 0.25) is 0 Å². The Bertz CT molecular complexity index is 557. The molecule has 2 N–H and O–H groups in total. The van der Waals surface area contributed by atoms with E-state index in [2.05, 4.69) is 15.6 Å². The highest BCUT2D eigenvalue weighted by Gasteiger charge is 2.09. The zero-order valence-electron chi connectivity index (χ0n) is 11.1. The maximum absolute atomic E-state index is 12.7. The predicted molar refractivity (Wildman–Crippen MR) is 74.4 cm³/mol. The molecule has 0 aliphatic heterocycles. The van der Waals surface area contributed by atoms with Gasteiger partial charge in [0, 0.05) is 12.7 Å². The summed E-state index contributed by atoms with van der Waals surface area (Å²) < 4.78 is 12.7. The summed E-state index contributed by atoms with van der Waals surface area (Å²) >= 11 is 0. The Hall–Kier alpha value is -2.43. The van der Waals surface area contributed by atoms with Gasteiger partial charge in [0.05, 0.1) is 11.7 Å². The van der Waals surface area contributed by atoms with E-state index < -0.39 is 0 Å². The van der Waals surface area contributed by atoms with E-state index in [0.717, 1.165) is 11.3 Å². The molecule has 104 valence electrons. The maximum atomic E-state index is 12.7. The predicted octanol–water partition coefficient (Wildman–Crippen LogP) is 2.78. The van der Waals surface area contributed by atoms with Gasteiger partial charge in [0.25, 0.3) is 0 Å². The van der Waals surface area contributed by atoms with Crippen LogP contribution in [0.4, 0.5) is 9.18 Å². The highest BCUT2D eigenvalue weighted by Crippen LogP contribution is 2.07. The topological polar surface area (TPSA) is 54.0 Å². The fourth-order valence-electron chi connectivity index (χ4n) is 1.74. The minimum Gasteiger partial charge on any atom is -0.334 e. The largest absolute Gasteiger partial charge is 0.334 e. The third-order valence-corrected chi connectivity index (χ3v) is 2.85. The Kier molecular flexibility index (Phi) is 4.65. The summed E-state index contributed by atoms with van der Waals surface area (Å²) in [4.78, 5) is 15.9. The molecule has 2 aromatic rings. The molecule has 0 saturated carbocycles. The van der Waals surface area contributed by atoms with Crippen molar-refractivity contribution in [3.05, 3.63) is 65.7 Å². The van der Waals surface area contributed by atoms with Gasteiger partial charge in [-0.2, -0.15) is 0 Å². The van der Waals surface area contributed by atoms with E-state index in [1.165, 1.54) is 12.1 Å². The van der Waals surface area contributed by atoms with E-state index in [-0.39, 0.29) is 17.9 Å². The molecule has 1 aromatic carbocycles. The fourth-order valence-corrected chi connectivity index (χ4v) is 1.74. The molecule has 4 nitrogen and oxygen atoms in total. The maximum Gasteiger partial charge on any atom is 0.315 e. The molecule has 2 amide bonds. The molecule has 0 aliphatic carbocycles. The number of halogens is 1. The van der Waals surface area contributed by atoms with Gasteiger partial charge in [-0.1, -0.05) is 18.2 Å². The summed E-state index contributed by atoms with van der Waals surface area (Å²) in [6, 6.07) is 11.1. The molecule has 1 heterocycles. The van der Waals surface area contributed by atoms with Crippen molar-refractivity contribution in [2.75, 3.05) is 0 Å². The van der Waals surface area contributed by atoms with Gasteiger partial charge < -0.3 is 10.6 Å². The summed E-state index contributed by atoms with van der Waals surface area (Å²) in [6.07, 6.45) is 1.68. The first-order valence-electron chi connectivity index (χ1n) is 6.35. The second kappa shape index (κ2) is 6.65. The minimum atomic E-state index is -0.290. The summed E-state index contributed by atoms with van der Waals surface area (Å²) in [5.74, 6) is -0.290. The molecule has 0 radical (unpaired) electrons. The van der Waals surface area contributed by atoms with Gasteiger partial charge in [0.1, 0.15) is 5.82 Å². The van der Waals surface area contributed by atoms with Crippen LogP contribution in [0.1, 0.15) is 24.2 Å². The molecule has 20 heavy (non-hydrogen) atoms. The fraction of sp³-hybridized carbons (Fsp3) is 0.200. The lowest BCUT2D eigenvalue weighted by molar-refractivity contribution is 0.237. The van der Waals surface area contributed by atoms with Gasteiger partial charge in [-0.25, -0.2) is 9.18 Å². The van der Waals surface area contributed by atoms with E-state index in [4.69, 9.17) is 0 Å². The van der Waals surface area contributed by atoms with Crippen LogP contribution in [-0.4, -0.2) is 11.0 Å². The van der Waals surface area contributed by atoms with Crippen LogP contribution in [0.5, 0.6) is 0 Å². The number of pyridine rings is 1. The van der Waals surface area contributed by atoms with Crippen LogP contribution in [0.3, 0.4) is 0 Å². The first kappa shape index (κ1) is 14.0. The van der Waals surface area contributed by atoms with Crippen molar-refractivity contribution in [3.63, 3.8) is 0 Å². The van der Waals surface area contributed by atoms with Crippen molar-refractivity contribution in [1.82, 2.24) is 15.6 Å². The minimum absolute atomic E-state index is 0.176. The summed E-state index contributed by atoms with van der Waals surface area (Å²) in [5.41, 5.74) is 1.64. The number of urea groups is 1. The second-order valence-corrected chi connectivity index (χ2v) is 4.43. The first-order valence-corrected chi connectivity index (χ1v) is 6.35. The van der Waals surface area contributed by atoms with Gasteiger partial charge >= 0.3 is 6.03 Å². The van der Waals surface area contributed by atoms with E-state index in [1.807, 2.05) is 25.1 Å². The van der Waals surface area contributed by atoms with Crippen molar-refractivity contribution in [2.45, 2.75) is 19.5 Å². The van der Waals surface area contributed by atoms with E-state index in [0.29, 0.717) is 6.54 Å². The Balaban J connectivity index is 1.82. The summed E-state index contributed by atoms with van der Waals surface area (Å²) in [5, 5.41) is 5.51. The molecular weight excluding hydrogens is 257 g/mol. The Labute approximate surface area is 117 Å². The zero-order valence-corrected chi connectivity index (χ0v) is 11.1. The number of hydrogen-bond donors (Lipinski definition) is 2. The number of aromatic nitrogens is 1. The summed E-state index contributed by atoms with van der Waals surface area (Å²) in [7, 11) is 0. The van der Waals surface area contributed by atoms with Crippen molar-refractivity contribution in [3.8, 4) is 0 Å². The van der Waals surface area contributed by atoms with Gasteiger partial charge in [0.15, 0.2) is 0 Å². The van der Waals surface area contributed by atoms with Crippen LogP contribution in [0, 0.1) is 5.82 Å². The molecule has 5 heteroatoms. The number of rotatable bonds is 4. The number of nitrogens with zero attached hydrogens (tertiary/aromatic N) is 1. The van der Waals surface area contributed by atoms with Crippen LogP contribution >= 0.6 is 0 Å². The Morgan fingerprint density at radius 1 is 1.25 bits per heavy atom. The molecular formula is C15H16FN3O. The van der Waals surface area contributed by atoms with E-state index >= 15 is 0 Å². The molecule has 0 aliphatic rings. The van der Waals surface area contributed by atoms with Gasteiger partial charge in [-0.3, -0.25) is 4.98 Å². The summed E-state index contributed by atoms with van der Waals surface area (Å²) in [6.45, 7) is 2.21. The number of nitrogens with one attached hydrogen (secondary N) is 2. The highest BCUT2D eigenvalue weighted by molar-refractivity contribution is 5.74. The number of benzene rings is 1. The standard InChI is InChI=1S/C15H16FN3O/c1-11(14-4-2-3-9-17-14)19-15(20)18-10-12-5-7-13(16)8-6-12/h2-9,11H,10H2,1H3,(H2,18,19,20)/t11-/m0/s1. The van der Waals surface area contributed by atoms with Crippen LogP contribution in [-0.2, 0) is 6.54 Å². The van der Waals surface area contributed by atoms with Crippen molar-refractivity contribution >= 4 is 6.03 Å². The molecule has 2 rings (SSSR count). The molecule has 0 saturated heterocycles. The first-order chi connectivity index (χ1) is 9.65. The van der Waals surface area contributed by atoms with E-state index in [1.54, 1.807) is 18.3 Å². The molecule has 1 atom stereocenters. The molecule has 0 unspecified atom stereocenters. The Morgan fingerprint density at radius 2 is 2.00 bits per heavy atom. The third kappa shape index (κ3) is 4.05. The number of carbonyl (C=O) groups excluding carboxylic acids is 1. The van der Waals surface area contributed by atoms with Crippen LogP contribution in [0.15, 0.2) is 48.7 Å². The smallest absolute Gasteiger partial charge is 0.315 e. The number of hydrogen-bond acceptors (Lipinski definition) is 2. The van der Waals surface area contributed by atoms with Gasteiger partial charge in [0.2, 0.25) is 0 Å². The van der Waals surface area contributed by atoms with Crippen LogP contribution < -0.4 is 10.6 Å². The third-order valence-electron chi connectivity index (χ3n) is 2.85. The average Bonchev–Trinajstić information content (AvgIpc) is 2.47. The lowest BCUT2D eigenvalue weighted by Gasteiger charge is -2.14. The quantitative estimate of drug-likeness (QED) is 0.900. The van der Waals surface area contributed by atoms with Crippen molar-refractivity contribution in [1.29, 1.82) is 0 Å². The lowest BCUT2D eigenvalue weighted by atomic mass is 10.2. The average molecular weight is 273 g/mol. The molecule has 0 fully saturated rings. The number of carbonyl (C=O) groups is 1. The molecule has 0 spiro atoms. The van der Waals surface area contributed by atoms with Crippen molar-refractivity contribution < 1.29 is 9.18 Å². The molecule has 1 aromatic heterocycles. The highest BCUT2D eigenvalue weighted by atomic mass is 19.1. The van der Waals surface area contributed by atoms with Gasteiger partial charge in [-0.05, 0) is 36.8 Å². The lowest BCUT2D eigenvalue weighted by Crippen LogP contribution is -2.36. The number of amides is 2. The second-order valence-electron chi connectivity index (χ2n) is 4.43.